The van der Waals surface area contributed by atoms with Gasteiger partial charge in [-0.1, -0.05) is 17.7 Å². The van der Waals surface area contributed by atoms with Crippen LogP contribution < -0.4 is 5.46 Å². The van der Waals surface area contributed by atoms with Crippen molar-refractivity contribution in [2.75, 3.05) is 6.26 Å². The molecule has 0 saturated carbocycles. The highest BCUT2D eigenvalue weighted by Crippen LogP contribution is 2.20. The average Bonchev–Trinajstić information content (AvgIpc) is 2.02. The summed E-state index contributed by atoms with van der Waals surface area (Å²) in [5.41, 5.74) is -0.334. The molecule has 1 rings (SSSR count). The molecule has 1 aromatic carbocycles. The Balaban J connectivity index is 3.41. The van der Waals surface area contributed by atoms with Gasteiger partial charge in [-0.25, -0.2) is 4.39 Å². The topological polar surface area (TPSA) is 57.5 Å². The highest BCUT2D eigenvalue weighted by molar-refractivity contribution is 7.84. The second-order valence-electron chi connectivity index (χ2n) is 2.61. The Morgan fingerprint density at radius 2 is 2.07 bits per heavy atom. The standard InChI is InChI=1S/C7H7BClFO3S/c1-14(13)7-5(9)3-2-4(6(7)10)8(11)12/h2-3,11-12H,1H3/t14-/m0/s1. The smallest absolute Gasteiger partial charge is 0.423 e. The minimum atomic E-state index is -1.94. The first-order valence-corrected chi connectivity index (χ1v) is 5.56. The number of halogens is 2. The van der Waals surface area contributed by atoms with Gasteiger partial charge in [-0.05, 0) is 6.07 Å². The molecule has 0 aliphatic carbocycles. The maximum Gasteiger partial charge on any atom is 0.491 e. The van der Waals surface area contributed by atoms with E-state index in [0.717, 1.165) is 6.07 Å². The fraction of sp³-hybridized carbons (Fsp3) is 0.143. The quantitative estimate of drug-likeness (QED) is 0.705. The lowest BCUT2D eigenvalue weighted by atomic mass is 9.80. The molecule has 0 aliphatic heterocycles. The van der Waals surface area contributed by atoms with Gasteiger partial charge in [-0.15, -0.1) is 0 Å². The molecule has 3 nitrogen and oxygen atoms in total. The number of benzene rings is 1. The first-order valence-electron chi connectivity index (χ1n) is 3.62. The van der Waals surface area contributed by atoms with E-state index < -0.39 is 23.7 Å². The summed E-state index contributed by atoms with van der Waals surface area (Å²) in [6.45, 7) is 0. The molecule has 0 aromatic heterocycles. The van der Waals surface area contributed by atoms with Crippen molar-refractivity contribution < 1.29 is 18.6 Å². The lowest BCUT2D eigenvalue weighted by Crippen LogP contribution is -2.33. The van der Waals surface area contributed by atoms with Crippen LogP contribution in [0.4, 0.5) is 4.39 Å². The minimum Gasteiger partial charge on any atom is -0.423 e. The predicted octanol–water partition coefficient (Wildman–Crippen LogP) is -0.104. The van der Waals surface area contributed by atoms with Crippen molar-refractivity contribution in [2.24, 2.45) is 0 Å². The van der Waals surface area contributed by atoms with Gasteiger partial charge in [0.05, 0.1) is 20.7 Å². The van der Waals surface area contributed by atoms with Crippen molar-refractivity contribution in [1.29, 1.82) is 0 Å². The molecule has 0 radical (unpaired) electrons. The minimum absolute atomic E-state index is 0.00716. The van der Waals surface area contributed by atoms with Gasteiger partial charge >= 0.3 is 7.12 Å². The Morgan fingerprint density at radius 1 is 1.50 bits per heavy atom. The Labute approximate surface area is 88.1 Å². The van der Waals surface area contributed by atoms with Gasteiger partial charge in [0.1, 0.15) is 5.82 Å². The summed E-state index contributed by atoms with van der Waals surface area (Å²) in [5.74, 6) is -0.937. The van der Waals surface area contributed by atoms with E-state index in [1.54, 1.807) is 0 Å². The molecule has 7 heteroatoms. The molecular weight excluding hydrogens is 229 g/mol. The highest BCUT2D eigenvalue weighted by atomic mass is 35.5. The molecule has 14 heavy (non-hydrogen) atoms. The molecule has 0 saturated heterocycles. The third-order valence-corrected chi connectivity index (χ3v) is 3.05. The predicted molar refractivity (Wildman–Crippen MR) is 53.6 cm³/mol. The molecule has 0 unspecified atom stereocenters. The Bertz CT molecular complexity index is 385. The number of hydrogen-bond donors (Lipinski definition) is 2. The van der Waals surface area contributed by atoms with Crippen LogP contribution in [0.25, 0.3) is 0 Å². The lowest BCUT2D eigenvalue weighted by molar-refractivity contribution is 0.422. The summed E-state index contributed by atoms with van der Waals surface area (Å²) in [5, 5.41) is 17.6. The van der Waals surface area contributed by atoms with Gasteiger partial charge in [0.2, 0.25) is 0 Å². The van der Waals surface area contributed by atoms with Crippen LogP contribution in [0, 0.1) is 5.82 Å². The summed E-state index contributed by atoms with van der Waals surface area (Å²) in [6.07, 6.45) is 1.26. The van der Waals surface area contributed by atoms with Crippen LogP contribution in [0.15, 0.2) is 17.0 Å². The van der Waals surface area contributed by atoms with Gasteiger partial charge in [0.25, 0.3) is 0 Å². The van der Waals surface area contributed by atoms with E-state index in [9.17, 15) is 8.60 Å². The summed E-state index contributed by atoms with van der Waals surface area (Å²) < 4.78 is 24.5. The third kappa shape index (κ3) is 2.14. The molecule has 0 aliphatic rings. The summed E-state index contributed by atoms with van der Waals surface area (Å²) in [7, 11) is -3.54. The fourth-order valence-electron chi connectivity index (χ4n) is 1.01. The van der Waals surface area contributed by atoms with Gasteiger partial charge in [-0.2, -0.15) is 0 Å². The summed E-state index contributed by atoms with van der Waals surface area (Å²) in [6, 6.07) is 2.41. The van der Waals surface area contributed by atoms with E-state index >= 15 is 0 Å². The number of hydrogen-bond acceptors (Lipinski definition) is 3. The molecule has 76 valence electrons. The van der Waals surface area contributed by atoms with Gasteiger partial charge in [0.15, 0.2) is 0 Å². The maximum absolute atomic E-state index is 13.4. The molecule has 1 aromatic rings. The van der Waals surface area contributed by atoms with Gasteiger partial charge < -0.3 is 10.0 Å². The van der Waals surface area contributed by atoms with Gasteiger partial charge in [-0.3, -0.25) is 4.21 Å². The zero-order valence-corrected chi connectivity index (χ0v) is 8.77. The second-order valence-corrected chi connectivity index (χ2v) is 4.33. The monoisotopic (exact) mass is 236 g/mol. The van der Waals surface area contributed by atoms with E-state index in [2.05, 4.69) is 0 Å². The zero-order valence-electron chi connectivity index (χ0n) is 7.20. The first kappa shape index (κ1) is 11.6. The van der Waals surface area contributed by atoms with Crippen LogP contribution in [-0.4, -0.2) is 27.6 Å². The van der Waals surface area contributed by atoms with Crippen LogP contribution in [0.5, 0.6) is 0 Å². The second kappa shape index (κ2) is 4.40. The SMILES string of the molecule is C[S@](=O)c1c(Cl)ccc(B(O)O)c1F. The van der Waals surface area contributed by atoms with Crippen LogP contribution in [0.3, 0.4) is 0 Å². The molecule has 0 fully saturated rings. The van der Waals surface area contributed by atoms with Gasteiger partial charge in [0, 0.05) is 11.7 Å². The molecule has 0 amide bonds. The van der Waals surface area contributed by atoms with E-state index in [0.29, 0.717) is 0 Å². The first-order chi connectivity index (χ1) is 6.45. The number of rotatable bonds is 2. The normalized spacial score (nSPS) is 12.6. The molecule has 2 N–H and O–H groups in total. The lowest BCUT2D eigenvalue weighted by Gasteiger charge is -2.07. The van der Waals surface area contributed by atoms with Crippen molar-refractivity contribution in [2.45, 2.75) is 4.90 Å². The molecule has 0 spiro atoms. The van der Waals surface area contributed by atoms with E-state index in [1.807, 2.05) is 0 Å². The molecule has 0 heterocycles. The molecule has 0 bridgehead atoms. The highest BCUT2D eigenvalue weighted by Gasteiger charge is 2.22. The van der Waals surface area contributed by atoms with Crippen molar-refractivity contribution in [3.05, 3.63) is 23.0 Å². The summed E-state index contributed by atoms with van der Waals surface area (Å²) in [4.78, 5) is -0.211. The van der Waals surface area contributed by atoms with Crippen molar-refractivity contribution in [3.63, 3.8) is 0 Å². The Kier molecular flexibility index (Phi) is 3.66. The van der Waals surface area contributed by atoms with Crippen molar-refractivity contribution >= 4 is 35.0 Å². The Morgan fingerprint density at radius 3 is 2.50 bits per heavy atom. The molecular formula is C7H7BClFO3S. The largest absolute Gasteiger partial charge is 0.491 e. The average molecular weight is 236 g/mol. The fourth-order valence-corrected chi connectivity index (χ4v) is 2.20. The van der Waals surface area contributed by atoms with E-state index in [4.69, 9.17) is 21.6 Å². The Hall–Kier alpha value is -0.425. The maximum atomic E-state index is 13.4. The summed E-state index contributed by atoms with van der Waals surface area (Å²) >= 11 is 5.60. The zero-order chi connectivity index (χ0) is 10.9. The van der Waals surface area contributed by atoms with Crippen LogP contribution in [0.2, 0.25) is 5.02 Å². The third-order valence-electron chi connectivity index (χ3n) is 1.64. The van der Waals surface area contributed by atoms with Crippen LogP contribution in [-0.2, 0) is 10.8 Å². The van der Waals surface area contributed by atoms with E-state index in [1.165, 1.54) is 12.3 Å². The van der Waals surface area contributed by atoms with E-state index in [-0.39, 0.29) is 15.4 Å². The van der Waals surface area contributed by atoms with Crippen molar-refractivity contribution in [3.8, 4) is 0 Å². The molecule has 1 atom stereocenters. The van der Waals surface area contributed by atoms with Crippen molar-refractivity contribution in [1.82, 2.24) is 0 Å². The van der Waals surface area contributed by atoms with Crippen LogP contribution in [0.1, 0.15) is 0 Å². The van der Waals surface area contributed by atoms with Crippen LogP contribution >= 0.6 is 11.6 Å².